The third-order valence-electron chi connectivity index (χ3n) is 6.81. The molecule has 0 saturated heterocycles. The van der Waals surface area contributed by atoms with Crippen LogP contribution < -0.4 is 5.32 Å². The zero-order valence-corrected chi connectivity index (χ0v) is 27.4. The molecule has 4 saturated carbocycles. The number of benzene rings is 1. The second kappa shape index (κ2) is 24.0. The number of pyridine rings is 1. The van der Waals surface area contributed by atoms with Crippen molar-refractivity contribution in [1.82, 2.24) is 9.88 Å². The van der Waals surface area contributed by atoms with Crippen molar-refractivity contribution >= 4 is 28.2 Å². The second-order valence-electron chi connectivity index (χ2n) is 10.1. The first-order valence-electron chi connectivity index (χ1n) is 14.5. The quantitative estimate of drug-likeness (QED) is 0.183. The number of unbranched alkanes of at least 4 members (excludes halogenated alkanes) is 3. The van der Waals surface area contributed by atoms with Crippen LogP contribution in [0.2, 0.25) is 5.02 Å². The molecule has 1 aromatic heterocycles. The predicted molar refractivity (Wildman–Crippen MR) is 174 cm³/mol. The van der Waals surface area contributed by atoms with Gasteiger partial charge in [0.05, 0.1) is 5.52 Å². The number of fused-ring (bicyclic) bond motifs is 1. The standard InChI is InChI=1S/C27H30ClN3.2C5H5.2Fe/c28-24-13-14-25-26(15-17-30-27(25)19-24)29-16-7-1-2-8-18-31(20-22-9-3-4-10-22)21-23-11-5-6-12-23;2*1-2-4-5-3-1;;/h3-6,9-15,17,19H,1-2,7-8,16,18,20-21H2,(H,29,30);2*1-5H;;/q;;;2*+2. The summed E-state index contributed by atoms with van der Waals surface area (Å²) in [5.41, 5.74) is 2.07. The molecule has 0 aliphatic heterocycles. The van der Waals surface area contributed by atoms with E-state index in [9.17, 15) is 0 Å². The Morgan fingerprint density at radius 1 is 0.605 bits per heavy atom. The summed E-state index contributed by atoms with van der Waals surface area (Å²) in [6, 6.07) is 7.93. The topological polar surface area (TPSA) is 28.2 Å². The van der Waals surface area contributed by atoms with E-state index in [0.29, 0.717) is 0 Å². The molecular formula is C37H40ClFe2N3+4. The molecule has 6 heteroatoms. The Kier molecular flexibility index (Phi) is 21.7. The summed E-state index contributed by atoms with van der Waals surface area (Å²) in [5.74, 6) is 2.81. The Hall–Kier alpha value is -0.281. The van der Waals surface area contributed by atoms with Crippen LogP contribution in [-0.4, -0.2) is 36.1 Å². The summed E-state index contributed by atoms with van der Waals surface area (Å²) in [5, 5.41) is 5.43. The van der Waals surface area contributed by atoms with Crippen LogP contribution in [-0.2, 0) is 34.1 Å². The van der Waals surface area contributed by atoms with E-state index in [1.54, 1.807) is 0 Å². The fraction of sp³-hybridized carbons (Fsp3) is 0.216. The summed E-state index contributed by atoms with van der Waals surface area (Å²) >= 11 is 6.08. The van der Waals surface area contributed by atoms with Gasteiger partial charge >= 0.3 is 34.1 Å². The Balaban J connectivity index is 0.000000454. The molecule has 3 nitrogen and oxygen atoms in total. The molecule has 0 amide bonds. The van der Waals surface area contributed by atoms with Gasteiger partial charge in [-0.3, -0.25) is 4.98 Å². The number of hydrogen-bond acceptors (Lipinski definition) is 3. The first kappa shape index (κ1) is 38.9. The Morgan fingerprint density at radius 2 is 1.12 bits per heavy atom. The maximum absolute atomic E-state index is 6.08. The van der Waals surface area contributed by atoms with Gasteiger partial charge in [0.2, 0.25) is 0 Å². The largest absolute Gasteiger partial charge is 2.00 e. The van der Waals surface area contributed by atoms with E-state index in [2.05, 4.69) is 66.6 Å². The first-order chi connectivity index (χ1) is 20.3. The van der Waals surface area contributed by atoms with Crippen molar-refractivity contribution in [3.63, 3.8) is 0 Å². The van der Waals surface area contributed by atoms with E-state index in [-0.39, 0.29) is 34.1 Å². The molecule has 4 fully saturated rings. The van der Waals surface area contributed by atoms with Crippen LogP contribution >= 0.6 is 11.6 Å². The second-order valence-corrected chi connectivity index (χ2v) is 10.5. The Bertz CT molecular complexity index is 911. The van der Waals surface area contributed by atoms with Crippen molar-refractivity contribution in [3.05, 3.63) is 163 Å². The minimum Gasteiger partial charge on any atom is -0.384 e. The van der Waals surface area contributed by atoms with E-state index in [1.807, 2.05) is 94.7 Å². The molecule has 20 radical (unpaired) electrons. The van der Waals surface area contributed by atoms with Crippen molar-refractivity contribution < 1.29 is 34.1 Å². The van der Waals surface area contributed by atoms with Crippen LogP contribution in [0.3, 0.4) is 0 Å². The van der Waals surface area contributed by atoms with Crippen molar-refractivity contribution in [2.75, 3.05) is 31.5 Å². The third-order valence-corrected chi connectivity index (χ3v) is 7.04. The average Bonchev–Trinajstić information content (AvgIpc) is 3.83. The molecule has 6 rings (SSSR count). The van der Waals surface area contributed by atoms with Gasteiger partial charge in [0.25, 0.3) is 0 Å². The number of anilines is 1. The SMILES string of the molecule is Clc1ccc2c(NCCCCCCN(C[C]3[CH][CH][CH][CH]3)C[C]3[CH][CH][CH][CH]3)ccnc2c1.[CH]1[CH][CH][CH][CH]1.[CH]1[CH][CH][CH][CH]1.[Fe+2].[Fe+2]. The third kappa shape index (κ3) is 15.7. The monoisotopic (exact) mass is 673 g/mol. The minimum absolute atomic E-state index is 0. The fourth-order valence-corrected chi connectivity index (χ4v) is 4.89. The van der Waals surface area contributed by atoms with Gasteiger partial charge in [-0.15, -0.1) is 0 Å². The summed E-state index contributed by atoms with van der Waals surface area (Å²) < 4.78 is 0. The zero-order valence-electron chi connectivity index (χ0n) is 24.4. The van der Waals surface area contributed by atoms with Crippen LogP contribution in [0.1, 0.15) is 25.7 Å². The molecule has 1 aromatic carbocycles. The number of halogens is 1. The summed E-state index contributed by atoms with van der Waals surface area (Å²) in [6.07, 6.45) is 44.1. The Morgan fingerprint density at radius 3 is 1.65 bits per heavy atom. The van der Waals surface area contributed by atoms with Crippen molar-refractivity contribution in [3.8, 4) is 0 Å². The van der Waals surface area contributed by atoms with E-state index >= 15 is 0 Å². The molecule has 0 spiro atoms. The smallest absolute Gasteiger partial charge is 0.384 e. The van der Waals surface area contributed by atoms with E-state index in [1.165, 1.54) is 37.5 Å². The van der Waals surface area contributed by atoms with Crippen LogP contribution in [0.4, 0.5) is 5.69 Å². The number of nitrogens with zero attached hydrogens (tertiary/aromatic N) is 2. The molecule has 4 aliphatic rings. The van der Waals surface area contributed by atoms with Crippen LogP contribution in [0.5, 0.6) is 0 Å². The van der Waals surface area contributed by atoms with E-state index < -0.39 is 0 Å². The molecule has 1 N–H and O–H groups in total. The molecule has 222 valence electrons. The van der Waals surface area contributed by atoms with Gasteiger partial charge in [-0.1, -0.05) is 24.4 Å². The van der Waals surface area contributed by atoms with Gasteiger partial charge in [0.15, 0.2) is 0 Å². The van der Waals surface area contributed by atoms with Gasteiger partial charge in [-0.25, -0.2) is 0 Å². The summed E-state index contributed by atoms with van der Waals surface area (Å²) in [6.45, 7) is 4.17. The first-order valence-corrected chi connectivity index (χ1v) is 14.9. The number of nitrogens with one attached hydrogen (secondary N) is 1. The zero-order chi connectivity index (χ0) is 28.4. The van der Waals surface area contributed by atoms with Crippen LogP contribution in [0, 0.1) is 127 Å². The molecule has 0 atom stereocenters. The fourth-order valence-electron chi connectivity index (χ4n) is 4.72. The van der Waals surface area contributed by atoms with E-state index in [0.717, 1.165) is 47.8 Å². The van der Waals surface area contributed by atoms with Crippen molar-refractivity contribution in [2.45, 2.75) is 25.7 Å². The molecule has 4 aliphatic carbocycles. The van der Waals surface area contributed by atoms with Gasteiger partial charge in [-0.05, 0) is 171 Å². The van der Waals surface area contributed by atoms with Crippen LogP contribution in [0.15, 0.2) is 30.5 Å². The molecule has 2 aromatic rings. The number of aromatic nitrogens is 1. The predicted octanol–water partition coefficient (Wildman–Crippen LogP) is 8.01. The molecule has 0 unspecified atom stereocenters. The molecule has 0 bridgehead atoms. The Labute approximate surface area is 290 Å². The van der Waals surface area contributed by atoms with Crippen molar-refractivity contribution in [2.24, 2.45) is 0 Å². The number of hydrogen-bond donors (Lipinski definition) is 1. The number of rotatable bonds is 12. The minimum atomic E-state index is 0. The van der Waals surface area contributed by atoms with Gasteiger partial charge in [0.1, 0.15) is 0 Å². The average molecular weight is 674 g/mol. The van der Waals surface area contributed by atoms with Crippen molar-refractivity contribution in [1.29, 1.82) is 0 Å². The summed E-state index contributed by atoms with van der Waals surface area (Å²) in [4.78, 5) is 6.98. The maximum atomic E-state index is 6.08. The molecule has 1 heterocycles. The normalized spacial score (nSPS) is 18.5. The maximum Gasteiger partial charge on any atom is 2.00 e. The van der Waals surface area contributed by atoms with Crippen LogP contribution in [0.25, 0.3) is 10.9 Å². The van der Waals surface area contributed by atoms with Gasteiger partial charge in [-0.2, -0.15) is 0 Å². The van der Waals surface area contributed by atoms with Gasteiger partial charge in [0, 0.05) is 41.9 Å². The summed E-state index contributed by atoms with van der Waals surface area (Å²) in [7, 11) is 0. The molecular weight excluding hydrogens is 634 g/mol. The van der Waals surface area contributed by atoms with E-state index in [4.69, 9.17) is 11.6 Å². The van der Waals surface area contributed by atoms with Gasteiger partial charge < -0.3 is 10.2 Å². The molecule has 43 heavy (non-hydrogen) atoms.